The second kappa shape index (κ2) is 4.91. The number of para-hydroxylation sites is 1. The summed E-state index contributed by atoms with van der Waals surface area (Å²) in [4.78, 5) is 23.4. The molecule has 2 aromatic rings. The lowest BCUT2D eigenvalue weighted by Crippen LogP contribution is -2.27. The Hall–Kier alpha value is -2.30. The molecule has 1 aromatic carbocycles. The van der Waals surface area contributed by atoms with Crippen LogP contribution >= 0.6 is 0 Å². The van der Waals surface area contributed by atoms with E-state index in [0.717, 1.165) is 5.39 Å². The van der Waals surface area contributed by atoms with Gasteiger partial charge in [0.15, 0.2) is 0 Å². The molecule has 0 amide bonds. The van der Waals surface area contributed by atoms with Gasteiger partial charge in [0.1, 0.15) is 6.54 Å². The maximum Gasteiger partial charge on any atom is 0.326 e. The summed E-state index contributed by atoms with van der Waals surface area (Å²) in [6.45, 7) is 1.88. The van der Waals surface area contributed by atoms with Crippen LogP contribution in [0.25, 0.3) is 10.9 Å². The third kappa shape index (κ3) is 2.20. The number of nitrogens with zero attached hydrogens (tertiary/aromatic N) is 1. The van der Waals surface area contributed by atoms with Crippen LogP contribution in [-0.2, 0) is 16.1 Å². The molecule has 0 radical (unpaired) electrons. The average Bonchev–Trinajstić information content (AvgIpc) is 2.35. The summed E-state index contributed by atoms with van der Waals surface area (Å²) in [5.41, 5.74) is 6.07. The molecule has 0 saturated heterocycles. The van der Waals surface area contributed by atoms with Crippen molar-refractivity contribution in [2.45, 2.75) is 13.5 Å². The van der Waals surface area contributed by atoms with Crippen molar-refractivity contribution in [3.05, 3.63) is 40.7 Å². The fourth-order valence-electron chi connectivity index (χ4n) is 1.84. The zero-order chi connectivity index (χ0) is 13.1. The van der Waals surface area contributed by atoms with E-state index in [1.807, 2.05) is 12.1 Å². The van der Waals surface area contributed by atoms with Gasteiger partial charge in [-0.3, -0.25) is 14.2 Å². The van der Waals surface area contributed by atoms with Crippen molar-refractivity contribution in [3.63, 3.8) is 0 Å². The first-order valence-electron chi connectivity index (χ1n) is 5.67. The fraction of sp³-hybridized carbons (Fsp3) is 0.231. The Morgan fingerprint density at radius 1 is 1.39 bits per heavy atom. The molecule has 0 fully saturated rings. The molecule has 0 aliphatic carbocycles. The number of nitrogen functional groups attached to an aromatic ring is 1. The van der Waals surface area contributed by atoms with E-state index in [9.17, 15) is 9.59 Å². The molecule has 0 aliphatic rings. The number of pyridine rings is 1. The molecule has 0 aliphatic heterocycles. The Balaban J connectivity index is 2.57. The minimum Gasteiger partial charge on any atom is -0.465 e. The van der Waals surface area contributed by atoms with Crippen LogP contribution in [0.15, 0.2) is 35.1 Å². The highest BCUT2D eigenvalue weighted by atomic mass is 16.5. The highest BCUT2D eigenvalue weighted by Crippen LogP contribution is 2.14. The number of esters is 1. The number of aromatic nitrogens is 1. The number of anilines is 1. The summed E-state index contributed by atoms with van der Waals surface area (Å²) in [6.07, 6.45) is 0. The molecule has 18 heavy (non-hydrogen) atoms. The van der Waals surface area contributed by atoms with E-state index in [1.165, 1.54) is 4.57 Å². The maximum absolute atomic E-state index is 12.0. The van der Waals surface area contributed by atoms with E-state index in [4.69, 9.17) is 10.5 Å². The van der Waals surface area contributed by atoms with Gasteiger partial charge < -0.3 is 10.5 Å². The molecular weight excluding hydrogens is 232 g/mol. The quantitative estimate of drug-likeness (QED) is 0.824. The van der Waals surface area contributed by atoms with Gasteiger partial charge in [-0.05, 0) is 19.1 Å². The predicted octanol–water partition coefficient (Wildman–Crippen LogP) is 1.15. The fourth-order valence-corrected chi connectivity index (χ4v) is 1.84. The summed E-state index contributed by atoms with van der Waals surface area (Å²) in [7, 11) is 0. The number of carbonyl (C=O) groups excluding carboxylic acids is 1. The van der Waals surface area contributed by atoms with E-state index >= 15 is 0 Å². The van der Waals surface area contributed by atoms with Gasteiger partial charge in [0.25, 0.3) is 5.56 Å². The van der Waals surface area contributed by atoms with Crippen molar-refractivity contribution in [1.82, 2.24) is 4.57 Å². The van der Waals surface area contributed by atoms with Crippen LogP contribution in [0.3, 0.4) is 0 Å². The third-order valence-electron chi connectivity index (χ3n) is 2.62. The smallest absolute Gasteiger partial charge is 0.326 e. The van der Waals surface area contributed by atoms with E-state index in [-0.39, 0.29) is 24.4 Å². The third-order valence-corrected chi connectivity index (χ3v) is 2.62. The molecule has 0 bridgehead atoms. The Kier molecular flexibility index (Phi) is 3.32. The SMILES string of the molecule is CCOC(=O)Cn1c(=O)c(N)cc2ccccc21. The lowest BCUT2D eigenvalue weighted by Gasteiger charge is -2.10. The van der Waals surface area contributed by atoms with E-state index in [2.05, 4.69) is 0 Å². The number of carbonyl (C=O) groups is 1. The van der Waals surface area contributed by atoms with Crippen LogP contribution in [0, 0.1) is 0 Å². The van der Waals surface area contributed by atoms with Gasteiger partial charge in [0.05, 0.1) is 17.8 Å². The molecule has 0 unspecified atom stereocenters. The summed E-state index contributed by atoms with van der Waals surface area (Å²) in [5, 5.41) is 0.818. The van der Waals surface area contributed by atoms with Crippen LogP contribution in [0.5, 0.6) is 0 Å². The van der Waals surface area contributed by atoms with Gasteiger partial charge in [-0.1, -0.05) is 18.2 Å². The minimum atomic E-state index is -0.449. The predicted molar refractivity (Wildman–Crippen MR) is 69.3 cm³/mol. The van der Waals surface area contributed by atoms with Gasteiger partial charge in [-0.2, -0.15) is 0 Å². The molecule has 0 atom stereocenters. The summed E-state index contributed by atoms with van der Waals surface area (Å²) >= 11 is 0. The van der Waals surface area contributed by atoms with Crippen molar-refractivity contribution in [3.8, 4) is 0 Å². The van der Waals surface area contributed by atoms with Crippen molar-refractivity contribution >= 4 is 22.6 Å². The molecule has 1 aromatic heterocycles. The molecule has 94 valence electrons. The van der Waals surface area contributed by atoms with Crippen molar-refractivity contribution in [2.75, 3.05) is 12.3 Å². The van der Waals surface area contributed by atoms with Gasteiger partial charge >= 0.3 is 5.97 Å². The van der Waals surface area contributed by atoms with Gasteiger partial charge in [-0.15, -0.1) is 0 Å². The zero-order valence-electron chi connectivity index (χ0n) is 10.1. The summed E-state index contributed by atoms with van der Waals surface area (Å²) < 4.78 is 6.19. The largest absolute Gasteiger partial charge is 0.465 e. The normalized spacial score (nSPS) is 10.5. The number of fused-ring (bicyclic) bond motifs is 1. The second-order valence-electron chi connectivity index (χ2n) is 3.85. The first-order chi connectivity index (χ1) is 8.63. The second-order valence-corrected chi connectivity index (χ2v) is 3.85. The van der Waals surface area contributed by atoms with Crippen LogP contribution in [0.4, 0.5) is 5.69 Å². The van der Waals surface area contributed by atoms with Crippen LogP contribution in [0.2, 0.25) is 0 Å². The van der Waals surface area contributed by atoms with E-state index in [1.54, 1.807) is 25.1 Å². The number of hydrogen-bond donors (Lipinski definition) is 1. The Morgan fingerprint density at radius 2 is 2.11 bits per heavy atom. The maximum atomic E-state index is 12.0. The highest BCUT2D eigenvalue weighted by Gasteiger charge is 2.10. The number of ether oxygens (including phenoxy) is 1. The Labute approximate surface area is 104 Å². The molecule has 5 nitrogen and oxygen atoms in total. The lowest BCUT2D eigenvalue weighted by molar-refractivity contribution is -0.143. The Morgan fingerprint density at radius 3 is 2.83 bits per heavy atom. The van der Waals surface area contributed by atoms with Crippen LogP contribution < -0.4 is 11.3 Å². The van der Waals surface area contributed by atoms with E-state index in [0.29, 0.717) is 5.52 Å². The first kappa shape index (κ1) is 12.2. The standard InChI is InChI=1S/C13H14N2O3/c1-2-18-12(16)8-15-11-6-4-3-5-9(11)7-10(14)13(15)17/h3-7H,2,8,14H2,1H3. The highest BCUT2D eigenvalue weighted by molar-refractivity contribution is 5.83. The Bertz CT molecular complexity index is 646. The van der Waals surface area contributed by atoms with Gasteiger partial charge in [0, 0.05) is 5.39 Å². The lowest BCUT2D eigenvalue weighted by atomic mass is 10.2. The van der Waals surface area contributed by atoms with Crippen LogP contribution in [0.1, 0.15) is 6.92 Å². The minimum absolute atomic E-state index is 0.123. The molecule has 5 heteroatoms. The molecule has 2 N–H and O–H groups in total. The summed E-state index contributed by atoms with van der Waals surface area (Å²) in [5.74, 6) is -0.449. The monoisotopic (exact) mass is 246 g/mol. The molecule has 0 saturated carbocycles. The number of hydrogen-bond acceptors (Lipinski definition) is 4. The topological polar surface area (TPSA) is 74.3 Å². The number of benzene rings is 1. The summed E-state index contributed by atoms with van der Waals surface area (Å²) in [6, 6.07) is 8.88. The van der Waals surface area contributed by atoms with Crippen molar-refractivity contribution in [2.24, 2.45) is 0 Å². The van der Waals surface area contributed by atoms with Crippen molar-refractivity contribution in [1.29, 1.82) is 0 Å². The molecular formula is C13H14N2O3. The molecule has 2 rings (SSSR count). The van der Waals surface area contributed by atoms with Crippen LogP contribution in [-0.4, -0.2) is 17.1 Å². The van der Waals surface area contributed by atoms with Gasteiger partial charge in [0.2, 0.25) is 0 Å². The number of nitrogens with two attached hydrogens (primary N) is 1. The van der Waals surface area contributed by atoms with Gasteiger partial charge in [-0.25, -0.2) is 0 Å². The zero-order valence-corrected chi connectivity index (χ0v) is 10.1. The molecule has 0 spiro atoms. The first-order valence-corrected chi connectivity index (χ1v) is 5.67. The van der Waals surface area contributed by atoms with E-state index < -0.39 is 5.97 Å². The number of rotatable bonds is 3. The average molecular weight is 246 g/mol. The molecule has 1 heterocycles. The van der Waals surface area contributed by atoms with Crippen molar-refractivity contribution < 1.29 is 9.53 Å².